The second kappa shape index (κ2) is 9.89. The third kappa shape index (κ3) is 5.94. The van der Waals surface area contributed by atoms with Crippen molar-refractivity contribution in [1.29, 1.82) is 0 Å². The average Bonchev–Trinajstić information content (AvgIpc) is 3.18. The maximum absolute atomic E-state index is 12.2. The van der Waals surface area contributed by atoms with E-state index in [1.165, 1.54) is 16.9 Å². The van der Waals surface area contributed by atoms with E-state index in [1.807, 2.05) is 18.2 Å². The molecule has 0 spiro atoms. The first-order valence-corrected chi connectivity index (χ1v) is 10.1. The van der Waals surface area contributed by atoms with Gasteiger partial charge in [-0.05, 0) is 29.8 Å². The number of rotatable bonds is 9. The largest absolute Gasteiger partial charge is 0.497 e. The van der Waals surface area contributed by atoms with Gasteiger partial charge in [-0.3, -0.25) is 4.79 Å². The van der Waals surface area contributed by atoms with Crippen LogP contribution in [0.3, 0.4) is 0 Å². The van der Waals surface area contributed by atoms with Crippen LogP contribution in [0.1, 0.15) is 15.9 Å². The molecule has 0 atom stereocenters. The fourth-order valence-electron chi connectivity index (χ4n) is 2.24. The second-order valence-electron chi connectivity index (χ2n) is 5.50. The number of aromatic nitrogens is 2. The van der Waals surface area contributed by atoms with Crippen LogP contribution in [0.15, 0.2) is 65.0 Å². The lowest BCUT2D eigenvalue weighted by Crippen LogP contribution is -2.13. The van der Waals surface area contributed by atoms with Gasteiger partial charge in [-0.1, -0.05) is 65.6 Å². The molecule has 0 saturated carbocycles. The van der Waals surface area contributed by atoms with E-state index < -0.39 is 0 Å². The number of ketones is 1. The number of carbonyl (C=O) groups is 1. The van der Waals surface area contributed by atoms with Gasteiger partial charge in [0.25, 0.3) is 0 Å². The molecular weight excluding hydrogens is 378 g/mol. The number of ether oxygens (including phenoxy) is 1. The first kappa shape index (κ1) is 19.1. The van der Waals surface area contributed by atoms with Crippen molar-refractivity contribution in [2.24, 2.45) is 0 Å². The predicted octanol–water partition coefficient (Wildman–Crippen LogP) is 4.65. The Bertz CT molecular complexity index is 893. The Labute approximate surface area is 166 Å². The summed E-state index contributed by atoms with van der Waals surface area (Å²) in [5, 5.41) is 11.9. The number of thioether (sulfide) groups is 1. The first-order chi connectivity index (χ1) is 13.2. The summed E-state index contributed by atoms with van der Waals surface area (Å²) in [4.78, 5) is 12.2. The lowest BCUT2D eigenvalue weighted by Gasteiger charge is -2.03. The van der Waals surface area contributed by atoms with Crippen molar-refractivity contribution in [2.45, 2.75) is 4.34 Å². The SMILES string of the molecule is COc1ccc(C(=O)CNc2nnc(SC/C=C/c3ccccc3)s2)cc1. The van der Waals surface area contributed by atoms with E-state index in [4.69, 9.17) is 4.74 Å². The summed E-state index contributed by atoms with van der Waals surface area (Å²) in [6, 6.07) is 17.2. The molecule has 0 aliphatic heterocycles. The van der Waals surface area contributed by atoms with Gasteiger partial charge >= 0.3 is 0 Å². The Morgan fingerprint density at radius 1 is 1.15 bits per heavy atom. The maximum atomic E-state index is 12.2. The normalized spacial score (nSPS) is 10.9. The van der Waals surface area contributed by atoms with E-state index in [-0.39, 0.29) is 12.3 Å². The number of nitrogens with zero attached hydrogens (tertiary/aromatic N) is 2. The molecule has 0 fully saturated rings. The van der Waals surface area contributed by atoms with Gasteiger partial charge in [0.05, 0.1) is 13.7 Å². The van der Waals surface area contributed by atoms with Crippen LogP contribution < -0.4 is 10.1 Å². The lowest BCUT2D eigenvalue weighted by molar-refractivity contribution is 0.101. The zero-order valence-electron chi connectivity index (χ0n) is 14.8. The van der Waals surface area contributed by atoms with Gasteiger partial charge in [-0.25, -0.2) is 0 Å². The van der Waals surface area contributed by atoms with Gasteiger partial charge in [-0.15, -0.1) is 10.2 Å². The van der Waals surface area contributed by atoms with Crippen LogP contribution in [0, 0.1) is 0 Å². The van der Waals surface area contributed by atoms with Gasteiger partial charge in [0, 0.05) is 11.3 Å². The minimum atomic E-state index is -0.00662. The van der Waals surface area contributed by atoms with Gasteiger partial charge in [0.1, 0.15) is 5.75 Å². The second-order valence-corrected chi connectivity index (χ2v) is 7.75. The number of anilines is 1. The third-order valence-electron chi connectivity index (χ3n) is 3.63. The third-order valence-corrected chi connectivity index (χ3v) is 5.60. The summed E-state index contributed by atoms with van der Waals surface area (Å²) in [6.45, 7) is 0.180. The molecule has 0 bridgehead atoms. The minimum absolute atomic E-state index is 0.00662. The Morgan fingerprint density at radius 2 is 1.93 bits per heavy atom. The molecule has 0 aliphatic rings. The molecule has 0 amide bonds. The van der Waals surface area contributed by atoms with Crippen LogP contribution in [0.2, 0.25) is 0 Å². The highest BCUT2D eigenvalue weighted by atomic mass is 32.2. The fourth-order valence-corrected chi connectivity index (χ4v) is 3.83. The number of carbonyl (C=O) groups excluding carboxylic acids is 1. The van der Waals surface area contributed by atoms with Crippen molar-refractivity contribution in [2.75, 3.05) is 24.7 Å². The molecule has 7 heteroatoms. The summed E-state index contributed by atoms with van der Waals surface area (Å²) < 4.78 is 5.96. The topological polar surface area (TPSA) is 64.1 Å². The summed E-state index contributed by atoms with van der Waals surface area (Å²) in [6.07, 6.45) is 4.18. The molecule has 1 heterocycles. The molecular formula is C20H19N3O2S2. The minimum Gasteiger partial charge on any atom is -0.497 e. The highest BCUT2D eigenvalue weighted by molar-refractivity contribution is 8.01. The molecule has 27 heavy (non-hydrogen) atoms. The van der Waals surface area contributed by atoms with E-state index in [2.05, 4.69) is 39.8 Å². The van der Waals surface area contributed by atoms with Gasteiger partial charge < -0.3 is 10.1 Å². The summed E-state index contributed by atoms with van der Waals surface area (Å²) >= 11 is 3.06. The molecule has 0 radical (unpaired) electrons. The Hall–Kier alpha value is -2.64. The van der Waals surface area contributed by atoms with E-state index in [0.29, 0.717) is 10.7 Å². The number of hydrogen-bond acceptors (Lipinski definition) is 7. The summed E-state index contributed by atoms with van der Waals surface area (Å²) in [5.74, 6) is 1.54. The monoisotopic (exact) mass is 397 g/mol. The highest BCUT2D eigenvalue weighted by Crippen LogP contribution is 2.25. The maximum Gasteiger partial charge on any atom is 0.206 e. The van der Waals surface area contributed by atoms with Crippen molar-refractivity contribution < 1.29 is 9.53 Å². The van der Waals surface area contributed by atoms with E-state index >= 15 is 0 Å². The number of benzene rings is 2. The Morgan fingerprint density at radius 3 is 2.67 bits per heavy atom. The smallest absolute Gasteiger partial charge is 0.206 e. The zero-order chi connectivity index (χ0) is 18.9. The van der Waals surface area contributed by atoms with Crippen LogP contribution in [0.25, 0.3) is 6.08 Å². The standard InChI is InChI=1S/C20H19N3O2S2/c1-25-17-11-9-16(10-12-17)18(24)14-21-19-22-23-20(27-19)26-13-5-8-15-6-3-2-4-7-15/h2-12H,13-14H2,1H3,(H,21,22)/b8-5+. The van der Waals surface area contributed by atoms with Crippen LogP contribution in [-0.4, -0.2) is 35.4 Å². The van der Waals surface area contributed by atoms with Gasteiger partial charge in [0.15, 0.2) is 10.1 Å². The molecule has 138 valence electrons. The highest BCUT2D eigenvalue weighted by Gasteiger charge is 2.08. The quantitative estimate of drug-likeness (QED) is 0.419. The van der Waals surface area contributed by atoms with E-state index in [9.17, 15) is 4.79 Å². The molecule has 3 rings (SSSR count). The summed E-state index contributed by atoms with van der Waals surface area (Å²) in [7, 11) is 1.60. The van der Waals surface area contributed by atoms with Crippen molar-refractivity contribution >= 4 is 40.1 Å². The van der Waals surface area contributed by atoms with Crippen molar-refractivity contribution in [3.63, 3.8) is 0 Å². The fraction of sp³-hybridized carbons (Fsp3) is 0.150. The zero-order valence-corrected chi connectivity index (χ0v) is 16.4. The Kier molecular flexibility index (Phi) is 7.01. The molecule has 0 aliphatic carbocycles. The average molecular weight is 398 g/mol. The van der Waals surface area contributed by atoms with Gasteiger partial charge in [0.2, 0.25) is 5.13 Å². The van der Waals surface area contributed by atoms with Crippen LogP contribution in [0.4, 0.5) is 5.13 Å². The van der Waals surface area contributed by atoms with Crippen LogP contribution >= 0.6 is 23.1 Å². The van der Waals surface area contributed by atoms with Gasteiger partial charge in [-0.2, -0.15) is 0 Å². The lowest BCUT2D eigenvalue weighted by atomic mass is 10.1. The van der Waals surface area contributed by atoms with E-state index in [1.54, 1.807) is 43.1 Å². The van der Waals surface area contributed by atoms with Crippen molar-refractivity contribution in [1.82, 2.24) is 10.2 Å². The van der Waals surface area contributed by atoms with Crippen molar-refractivity contribution in [3.8, 4) is 5.75 Å². The number of methoxy groups -OCH3 is 1. The molecule has 0 unspecified atom stereocenters. The Balaban J connectivity index is 1.44. The number of hydrogen-bond donors (Lipinski definition) is 1. The number of nitrogens with one attached hydrogen (secondary N) is 1. The molecule has 3 aromatic rings. The molecule has 1 aromatic heterocycles. The molecule has 5 nitrogen and oxygen atoms in total. The molecule has 2 aromatic carbocycles. The van der Waals surface area contributed by atoms with E-state index in [0.717, 1.165) is 15.8 Å². The van der Waals surface area contributed by atoms with Crippen LogP contribution in [-0.2, 0) is 0 Å². The number of Topliss-reactive ketones (excluding diaryl/α,β-unsaturated/α-hetero) is 1. The first-order valence-electron chi connectivity index (χ1n) is 8.33. The molecule has 1 N–H and O–H groups in total. The predicted molar refractivity (Wildman–Crippen MR) is 112 cm³/mol. The van der Waals surface area contributed by atoms with Crippen molar-refractivity contribution in [3.05, 3.63) is 71.8 Å². The molecule has 0 saturated heterocycles. The van der Waals surface area contributed by atoms with Crippen LogP contribution in [0.5, 0.6) is 5.75 Å². The summed E-state index contributed by atoms with van der Waals surface area (Å²) in [5.41, 5.74) is 1.81.